The molecule has 1 N–H and O–H groups in total. The van der Waals surface area contributed by atoms with Crippen molar-refractivity contribution in [1.29, 1.82) is 0 Å². The molecule has 1 aromatic carbocycles. The molecule has 0 heterocycles. The number of benzene rings is 1. The summed E-state index contributed by atoms with van der Waals surface area (Å²) in [5.41, 5.74) is 0.759. The zero-order chi connectivity index (χ0) is 12.1. The second-order valence-electron chi connectivity index (χ2n) is 3.10. The van der Waals surface area contributed by atoms with Gasteiger partial charge in [0.25, 0.3) is 0 Å². The van der Waals surface area contributed by atoms with Gasteiger partial charge in [-0.1, -0.05) is 11.6 Å². The van der Waals surface area contributed by atoms with Gasteiger partial charge in [-0.05, 0) is 25.1 Å². The molecule has 0 aliphatic carbocycles. The highest BCUT2D eigenvalue weighted by atomic mass is 35.5. The second-order valence-corrected chi connectivity index (χ2v) is 3.50. The number of carbonyl (C=O) groups is 2. The van der Waals surface area contributed by atoms with E-state index in [0.717, 1.165) is 0 Å². The van der Waals surface area contributed by atoms with Crippen LogP contribution in [-0.2, 0) is 9.53 Å². The summed E-state index contributed by atoms with van der Waals surface area (Å²) >= 11 is 5.86. The smallest absolute Gasteiger partial charge is 0.338 e. The molecule has 0 radical (unpaired) electrons. The summed E-state index contributed by atoms with van der Waals surface area (Å²) in [7, 11) is 0. The first-order valence-corrected chi connectivity index (χ1v) is 5.16. The summed E-state index contributed by atoms with van der Waals surface area (Å²) in [5.74, 6) is -0.686. The van der Waals surface area contributed by atoms with Crippen LogP contribution in [0, 0.1) is 0 Å². The molecule has 0 saturated carbocycles. The third-order valence-electron chi connectivity index (χ3n) is 1.79. The summed E-state index contributed by atoms with van der Waals surface area (Å²) in [6.07, 6.45) is 0. The molecular weight excluding hydrogens is 230 g/mol. The van der Waals surface area contributed by atoms with Gasteiger partial charge in [-0.15, -0.1) is 0 Å². The average molecular weight is 242 g/mol. The monoisotopic (exact) mass is 241 g/mol. The van der Waals surface area contributed by atoms with Crippen LogP contribution >= 0.6 is 11.6 Å². The predicted octanol–water partition coefficient (Wildman–Crippen LogP) is 2.48. The maximum absolute atomic E-state index is 11.4. The lowest BCUT2D eigenvalue weighted by molar-refractivity contribution is -0.114. The van der Waals surface area contributed by atoms with Crippen LogP contribution in [0.2, 0.25) is 5.02 Å². The number of halogens is 1. The second kappa shape index (κ2) is 5.51. The molecule has 0 unspecified atom stereocenters. The van der Waals surface area contributed by atoms with Gasteiger partial charge in [0.15, 0.2) is 0 Å². The van der Waals surface area contributed by atoms with E-state index in [0.29, 0.717) is 22.9 Å². The number of amides is 1. The van der Waals surface area contributed by atoms with Gasteiger partial charge in [-0.3, -0.25) is 4.79 Å². The van der Waals surface area contributed by atoms with E-state index in [9.17, 15) is 9.59 Å². The third kappa shape index (κ3) is 3.24. The van der Waals surface area contributed by atoms with Crippen LogP contribution in [0.5, 0.6) is 0 Å². The van der Waals surface area contributed by atoms with Gasteiger partial charge in [0, 0.05) is 6.92 Å². The van der Waals surface area contributed by atoms with E-state index in [1.165, 1.54) is 13.0 Å². The first kappa shape index (κ1) is 12.5. The molecule has 0 atom stereocenters. The Bertz CT molecular complexity index is 418. The van der Waals surface area contributed by atoms with Crippen LogP contribution in [0.25, 0.3) is 0 Å². The highest BCUT2D eigenvalue weighted by Crippen LogP contribution is 2.23. The number of rotatable bonds is 3. The number of hydrogen-bond donors (Lipinski definition) is 1. The molecule has 1 amide bonds. The van der Waals surface area contributed by atoms with Crippen molar-refractivity contribution in [2.75, 3.05) is 11.9 Å². The minimum absolute atomic E-state index is 0.247. The van der Waals surface area contributed by atoms with E-state index < -0.39 is 5.97 Å². The van der Waals surface area contributed by atoms with Gasteiger partial charge in [0.05, 0.1) is 22.9 Å². The quantitative estimate of drug-likeness (QED) is 0.827. The molecule has 0 spiro atoms. The van der Waals surface area contributed by atoms with Crippen molar-refractivity contribution in [1.82, 2.24) is 0 Å². The Balaban J connectivity index is 2.97. The number of anilines is 1. The van der Waals surface area contributed by atoms with Crippen molar-refractivity contribution in [3.05, 3.63) is 28.8 Å². The molecule has 0 saturated heterocycles. The van der Waals surface area contributed by atoms with Crippen LogP contribution in [0.15, 0.2) is 18.2 Å². The predicted molar refractivity (Wildman–Crippen MR) is 61.7 cm³/mol. The molecule has 1 aromatic rings. The molecule has 0 bridgehead atoms. The fourth-order valence-electron chi connectivity index (χ4n) is 1.15. The normalized spacial score (nSPS) is 9.69. The van der Waals surface area contributed by atoms with Gasteiger partial charge in [0.1, 0.15) is 0 Å². The molecule has 4 nitrogen and oxygen atoms in total. The third-order valence-corrected chi connectivity index (χ3v) is 2.12. The molecular formula is C11H12ClNO3. The van der Waals surface area contributed by atoms with Crippen molar-refractivity contribution in [2.45, 2.75) is 13.8 Å². The first-order valence-electron chi connectivity index (χ1n) is 4.79. The van der Waals surface area contributed by atoms with Crippen LogP contribution in [-0.4, -0.2) is 18.5 Å². The van der Waals surface area contributed by atoms with E-state index in [1.807, 2.05) is 0 Å². The van der Waals surface area contributed by atoms with E-state index >= 15 is 0 Å². The van der Waals surface area contributed by atoms with Crippen molar-refractivity contribution < 1.29 is 14.3 Å². The van der Waals surface area contributed by atoms with Gasteiger partial charge in [-0.2, -0.15) is 0 Å². The SMILES string of the molecule is CCOC(=O)c1ccc(Cl)c(NC(C)=O)c1. The van der Waals surface area contributed by atoms with E-state index in [1.54, 1.807) is 19.1 Å². The fourth-order valence-corrected chi connectivity index (χ4v) is 1.32. The maximum atomic E-state index is 11.4. The zero-order valence-corrected chi connectivity index (χ0v) is 9.80. The number of carbonyl (C=O) groups excluding carboxylic acids is 2. The Morgan fingerprint density at radius 3 is 2.69 bits per heavy atom. The lowest BCUT2D eigenvalue weighted by atomic mass is 10.2. The highest BCUT2D eigenvalue weighted by Gasteiger charge is 2.10. The van der Waals surface area contributed by atoms with Crippen LogP contribution in [0.3, 0.4) is 0 Å². The maximum Gasteiger partial charge on any atom is 0.338 e. The molecule has 0 aliphatic heterocycles. The van der Waals surface area contributed by atoms with Crippen LogP contribution in [0.1, 0.15) is 24.2 Å². The molecule has 0 fully saturated rings. The minimum Gasteiger partial charge on any atom is -0.462 e. The molecule has 5 heteroatoms. The highest BCUT2D eigenvalue weighted by molar-refractivity contribution is 6.33. The van der Waals surface area contributed by atoms with Crippen molar-refractivity contribution in [2.24, 2.45) is 0 Å². The van der Waals surface area contributed by atoms with E-state index in [4.69, 9.17) is 16.3 Å². The van der Waals surface area contributed by atoms with E-state index in [2.05, 4.69) is 5.32 Å². The Hall–Kier alpha value is -1.55. The Kier molecular flexibility index (Phi) is 4.31. The number of nitrogens with one attached hydrogen (secondary N) is 1. The first-order chi connectivity index (χ1) is 7.54. The number of ether oxygens (including phenoxy) is 1. The number of esters is 1. The summed E-state index contributed by atoms with van der Waals surface area (Å²) in [4.78, 5) is 22.3. The summed E-state index contributed by atoms with van der Waals surface area (Å²) in [6.45, 7) is 3.40. The standard InChI is InChI=1S/C11H12ClNO3/c1-3-16-11(15)8-4-5-9(12)10(6-8)13-7(2)14/h4-6H,3H2,1-2H3,(H,13,14). The molecule has 0 aliphatic rings. The Morgan fingerprint density at radius 2 is 2.12 bits per heavy atom. The molecule has 16 heavy (non-hydrogen) atoms. The minimum atomic E-state index is -0.439. The molecule has 86 valence electrons. The largest absolute Gasteiger partial charge is 0.462 e. The number of hydrogen-bond acceptors (Lipinski definition) is 3. The summed E-state index contributed by atoms with van der Waals surface area (Å²) in [6, 6.07) is 4.58. The van der Waals surface area contributed by atoms with Gasteiger partial charge in [-0.25, -0.2) is 4.79 Å². The Labute approximate surface area is 98.5 Å². The van der Waals surface area contributed by atoms with Crippen LogP contribution in [0.4, 0.5) is 5.69 Å². The summed E-state index contributed by atoms with van der Waals surface area (Å²) in [5, 5.41) is 2.91. The van der Waals surface area contributed by atoms with Gasteiger partial charge in [0.2, 0.25) is 5.91 Å². The van der Waals surface area contributed by atoms with Gasteiger partial charge < -0.3 is 10.1 Å². The van der Waals surface area contributed by atoms with E-state index in [-0.39, 0.29) is 5.91 Å². The zero-order valence-electron chi connectivity index (χ0n) is 9.04. The van der Waals surface area contributed by atoms with Crippen LogP contribution < -0.4 is 5.32 Å². The summed E-state index contributed by atoms with van der Waals surface area (Å²) < 4.78 is 4.83. The van der Waals surface area contributed by atoms with Crippen molar-refractivity contribution in [3.63, 3.8) is 0 Å². The topological polar surface area (TPSA) is 55.4 Å². The lowest BCUT2D eigenvalue weighted by Crippen LogP contribution is -2.09. The Morgan fingerprint density at radius 1 is 1.44 bits per heavy atom. The molecule has 0 aromatic heterocycles. The van der Waals surface area contributed by atoms with Gasteiger partial charge >= 0.3 is 5.97 Å². The van der Waals surface area contributed by atoms with Crippen molar-refractivity contribution in [3.8, 4) is 0 Å². The lowest BCUT2D eigenvalue weighted by Gasteiger charge is -2.07. The molecule has 1 rings (SSSR count). The average Bonchev–Trinajstić information content (AvgIpc) is 2.21. The van der Waals surface area contributed by atoms with Crippen molar-refractivity contribution >= 4 is 29.2 Å². The fraction of sp³-hybridized carbons (Fsp3) is 0.273.